The first kappa shape index (κ1) is 11.7. The molecule has 0 bridgehead atoms. The fourth-order valence-corrected chi connectivity index (χ4v) is 0.866. The molecule has 0 unspecified atom stereocenters. The number of aliphatic carboxylic acids is 1. The average Bonchev–Trinajstić information content (AvgIpc) is 1.99. The number of hydrogen-bond donors (Lipinski definition) is 3. The van der Waals surface area contributed by atoms with Crippen molar-refractivity contribution < 1.29 is 14.7 Å². The Hall–Kier alpha value is -1.26. The van der Waals surface area contributed by atoms with Gasteiger partial charge in [0.25, 0.3) is 0 Å². The molecule has 0 spiro atoms. The van der Waals surface area contributed by atoms with Crippen molar-refractivity contribution in [1.82, 2.24) is 10.6 Å². The Kier molecular flexibility index (Phi) is 4.87. The summed E-state index contributed by atoms with van der Waals surface area (Å²) in [6.07, 6.45) is 0. The van der Waals surface area contributed by atoms with Gasteiger partial charge in [-0.1, -0.05) is 13.8 Å². The Balaban J connectivity index is 4.10. The van der Waals surface area contributed by atoms with Crippen LogP contribution in [0.3, 0.4) is 0 Å². The summed E-state index contributed by atoms with van der Waals surface area (Å²) in [7, 11) is 0. The molecule has 0 aromatic rings. The van der Waals surface area contributed by atoms with Gasteiger partial charge in [0.15, 0.2) is 0 Å². The molecule has 13 heavy (non-hydrogen) atoms. The molecule has 0 saturated heterocycles. The summed E-state index contributed by atoms with van der Waals surface area (Å²) in [6.45, 7) is 5.73. The van der Waals surface area contributed by atoms with Crippen molar-refractivity contribution in [3.05, 3.63) is 0 Å². The quantitative estimate of drug-likeness (QED) is 0.598. The molecular formula is C8H16N2O3. The van der Waals surface area contributed by atoms with Gasteiger partial charge in [0.05, 0.1) is 0 Å². The summed E-state index contributed by atoms with van der Waals surface area (Å²) in [4.78, 5) is 21.6. The van der Waals surface area contributed by atoms with Gasteiger partial charge in [-0.15, -0.1) is 0 Å². The van der Waals surface area contributed by atoms with E-state index in [4.69, 9.17) is 5.11 Å². The summed E-state index contributed by atoms with van der Waals surface area (Å²) >= 11 is 0. The van der Waals surface area contributed by atoms with Crippen LogP contribution in [0.5, 0.6) is 0 Å². The van der Waals surface area contributed by atoms with Crippen molar-refractivity contribution in [2.75, 3.05) is 6.54 Å². The van der Waals surface area contributed by atoms with E-state index in [-0.39, 0.29) is 5.92 Å². The molecule has 5 nitrogen and oxygen atoms in total. The van der Waals surface area contributed by atoms with Crippen LogP contribution >= 0.6 is 0 Å². The largest absolute Gasteiger partial charge is 0.480 e. The van der Waals surface area contributed by atoms with Crippen LogP contribution < -0.4 is 10.6 Å². The third-order valence-corrected chi connectivity index (χ3v) is 1.56. The molecule has 2 amide bonds. The second-order valence-electron chi connectivity index (χ2n) is 3.06. The molecule has 0 aliphatic carbocycles. The maximum Gasteiger partial charge on any atom is 0.326 e. The van der Waals surface area contributed by atoms with Crippen molar-refractivity contribution in [3.63, 3.8) is 0 Å². The lowest BCUT2D eigenvalue weighted by molar-refractivity contribution is -0.140. The fourth-order valence-electron chi connectivity index (χ4n) is 0.866. The van der Waals surface area contributed by atoms with Crippen LogP contribution in [0.25, 0.3) is 0 Å². The third-order valence-electron chi connectivity index (χ3n) is 1.56. The van der Waals surface area contributed by atoms with Crippen LogP contribution in [0.2, 0.25) is 0 Å². The molecule has 0 aromatic heterocycles. The lowest BCUT2D eigenvalue weighted by atomic mass is 10.1. The first-order valence-electron chi connectivity index (χ1n) is 4.26. The van der Waals surface area contributed by atoms with Crippen molar-refractivity contribution in [3.8, 4) is 0 Å². The second kappa shape index (κ2) is 5.40. The Bertz CT molecular complexity index is 192. The van der Waals surface area contributed by atoms with E-state index >= 15 is 0 Å². The summed E-state index contributed by atoms with van der Waals surface area (Å²) in [5.41, 5.74) is 0. The fraction of sp³-hybridized carbons (Fsp3) is 0.750. The smallest absolute Gasteiger partial charge is 0.326 e. The normalized spacial score (nSPS) is 12.3. The summed E-state index contributed by atoms with van der Waals surface area (Å²) < 4.78 is 0. The number of nitrogens with one attached hydrogen (secondary N) is 2. The zero-order valence-electron chi connectivity index (χ0n) is 8.13. The molecule has 0 rings (SSSR count). The SMILES string of the molecule is CCNC(=O)N[C@@H](C(=O)O)C(C)C. The minimum atomic E-state index is -1.01. The monoisotopic (exact) mass is 188 g/mol. The highest BCUT2D eigenvalue weighted by Crippen LogP contribution is 2.00. The molecule has 5 heteroatoms. The molecule has 0 radical (unpaired) electrons. The van der Waals surface area contributed by atoms with Crippen LogP contribution in [-0.4, -0.2) is 29.7 Å². The van der Waals surface area contributed by atoms with E-state index < -0.39 is 18.0 Å². The molecule has 0 saturated carbocycles. The molecular weight excluding hydrogens is 172 g/mol. The summed E-state index contributed by atoms with van der Waals surface area (Å²) in [6, 6.07) is -1.27. The van der Waals surface area contributed by atoms with Gasteiger partial charge in [-0.3, -0.25) is 0 Å². The summed E-state index contributed by atoms with van der Waals surface area (Å²) in [5.74, 6) is -1.14. The van der Waals surface area contributed by atoms with Gasteiger partial charge < -0.3 is 15.7 Å². The van der Waals surface area contributed by atoms with Crippen LogP contribution in [-0.2, 0) is 4.79 Å². The van der Waals surface area contributed by atoms with Crippen molar-refractivity contribution in [2.45, 2.75) is 26.8 Å². The van der Waals surface area contributed by atoms with Gasteiger partial charge >= 0.3 is 12.0 Å². The predicted molar refractivity (Wildman–Crippen MR) is 48.5 cm³/mol. The molecule has 0 fully saturated rings. The highest BCUT2D eigenvalue weighted by Gasteiger charge is 2.22. The van der Waals surface area contributed by atoms with E-state index in [0.717, 1.165) is 0 Å². The van der Waals surface area contributed by atoms with Crippen molar-refractivity contribution in [1.29, 1.82) is 0 Å². The van der Waals surface area contributed by atoms with Gasteiger partial charge in [-0.05, 0) is 12.8 Å². The van der Waals surface area contributed by atoms with E-state index in [1.807, 2.05) is 0 Å². The first-order chi connectivity index (χ1) is 5.99. The Labute approximate surface area is 77.5 Å². The third kappa shape index (κ3) is 4.35. The number of urea groups is 1. The van der Waals surface area contributed by atoms with Crippen molar-refractivity contribution in [2.24, 2.45) is 5.92 Å². The molecule has 1 atom stereocenters. The number of rotatable bonds is 4. The number of carboxylic acid groups (broad SMARTS) is 1. The van der Waals surface area contributed by atoms with Gasteiger partial charge in [-0.25, -0.2) is 9.59 Å². The highest BCUT2D eigenvalue weighted by molar-refractivity contribution is 5.82. The minimum Gasteiger partial charge on any atom is -0.480 e. The number of carbonyl (C=O) groups is 2. The standard InChI is InChI=1S/C8H16N2O3/c1-4-9-8(13)10-6(5(2)3)7(11)12/h5-6H,4H2,1-3H3,(H,11,12)(H2,9,10,13)/t6-/m1/s1. The van der Waals surface area contributed by atoms with Gasteiger partial charge in [0.2, 0.25) is 0 Å². The highest BCUT2D eigenvalue weighted by atomic mass is 16.4. The Morgan fingerprint density at radius 3 is 2.23 bits per heavy atom. The Morgan fingerprint density at radius 2 is 1.92 bits per heavy atom. The van der Waals surface area contributed by atoms with E-state index in [9.17, 15) is 9.59 Å². The number of hydrogen-bond acceptors (Lipinski definition) is 2. The minimum absolute atomic E-state index is 0.125. The van der Waals surface area contributed by atoms with Gasteiger partial charge in [0, 0.05) is 6.54 Å². The van der Waals surface area contributed by atoms with Crippen LogP contribution in [0, 0.1) is 5.92 Å². The zero-order chi connectivity index (χ0) is 10.4. The van der Waals surface area contributed by atoms with Crippen LogP contribution in [0.15, 0.2) is 0 Å². The van der Waals surface area contributed by atoms with E-state index in [2.05, 4.69) is 10.6 Å². The van der Waals surface area contributed by atoms with E-state index in [0.29, 0.717) is 6.54 Å². The summed E-state index contributed by atoms with van der Waals surface area (Å²) in [5, 5.41) is 13.6. The topological polar surface area (TPSA) is 78.4 Å². The number of amides is 2. The number of carboxylic acids is 1. The van der Waals surface area contributed by atoms with Gasteiger partial charge in [0.1, 0.15) is 6.04 Å². The lowest BCUT2D eigenvalue weighted by Gasteiger charge is -2.17. The molecule has 0 aliphatic rings. The molecule has 3 N–H and O–H groups in total. The van der Waals surface area contributed by atoms with Gasteiger partial charge in [-0.2, -0.15) is 0 Å². The van der Waals surface area contributed by atoms with Crippen LogP contribution in [0.4, 0.5) is 4.79 Å². The maximum atomic E-state index is 11.0. The zero-order valence-corrected chi connectivity index (χ0v) is 8.13. The van der Waals surface area contributed by atoms with E-state index in [1.165, 1.54) is 0 Å². The second-order valence-corrected chi connectivity index (χ2v) is 3.06. The predicted octanol–water partition coefficient (Wildman–Crippen LogP) is 0.415. The molecule has 0 aromatic carbocycles. The van der Waals surface area contributed by atoms with E-state index in [1.54, 1.807) is 20.8 Å². The lowest BCUT2D eigenvalue weighted by Crippen LogP contribution is -2.48. The first-order valence-corrected chi connectivity index (χ1v) is 4.26. The molecule has 0 aliphatic heterocycles. The van der Waals surface area contributed by atoms with Crippen LogP contribution in [0.1, 0.15) is 20.8 Å². The average molecular weight is 188 g/mol. The van der Waals surface area contributed by atoms with Crippen molar-refractivity contribution >= 4 is 12.0 Å². The molecule has 76 valence electrons. The number of carbonyl (C=O) groups excluding carboxylic acids is 1. The Morgan fingerprint density at radius 1 is 1.38 bits per heavy atom. The maximum absolute atomic E-state index is 11.0. The molecule has 0 heterocycles.